The minimum Gasteiger partial charge on any atom is -0.468 e. The Morgan fingerprint density at radius 1 is 0.907 bits per heavy atom. The van der Waals surface area contributed by atoms with E-state index < -0.39 is 35.7 Å². The Morgan fingerprint density at radius 2 is 1.49 bits per heavy atom. The van der Waals surface area contributed by atoms with E-state index in [-0.39, 0.29) is 54.3 Å². The Morgan fingerprint density at radius 3 is 2.02 bits per heavy atom. The second-order valence-corrected chi connectivity index (χ2v) is 10.9. The highest BCUT2D eigenvalue weighted by Gasteiger charge is 2.40. The van der Waals surface area contributed by atoms with Crippen molar-refractivity contribution in [1.82, 2.24) is 9.80 Å². The lowest BCUT2D eigenvalue weighted by atomic mass is 9.86. The quantitative estimate of drug-likeness (QED) is 0.257. The number of carbonyl (C=O) groups is 2. The van der Waals surface area contributed by atoms with Crippen LogP contribution in [0, 0.1) is 5.92 Å². The minimum absolute atomic E-state index is 0. The number of carbonyl (C=O) groups excluding carboxylic acids is 2. The predicted molar refractivity (Wildman–Crippen MR) is 149 cm³/mol. The van der Waals surface area contributed by atoms with Crippen molar-refractivity contribution < 1.29 is 45.4 Å². The second-order valence-electron chi connectivity index (χ2n) is 10.9. The number of likely N-dealkylation sites (tertiary alicyclic amines) is 2. The summed E-state index contributed by atoms with van der Waals surface area (Å²) in [5, 5.41) is 0. The number of ether oxygens (including phenoxy) is 2. The van der Waals surface area contributed by atoms with Crippen LogP contribution in [0.3, 0.4) is 0 Å². The summed E-state index contributed by atoms with van der Waals surface area (Å²) < 4.78 is 91.5. The van der Waals surface area contributed by atoms with Crippen molar-refractivity contribution >= 4 is 24.3 Å². The van der Waals surface area contributed by atoms with Crippen molar-refractivity contribution in [2.75, 3.05) is 39.8 Å². The number of esters is 1. The summed E-state index contributed by atoms with van der Waals surface area (Å²) in [6.07, 6.45) is -9.97. The number of piperidine rings is 2. The Hall–Kier alpha value is -2.83. The van der Waals surface area contributed by atoms with E-state index in [0.717, 1.165) is 5.56 Å². The third-order valence-corrected chi connectivity index (χ3v) is 8.06. The van der Waals surface area contributed by atoms with Gasteiger partial charge in [0, 0.05) is 24.9 Å². The third-order valence-electron chi connectivity index (χ3n) is 8.06. The zero-order valence-corrected chi connectivity index (χ0v) is 24.6. The van der Waals surface area contributed by atoms with Crippen LogP contribution in [-0.4, -0.2) is 67.6 Å². The average molecular weight is 637 g/mol. The minimum atomic E-state index is -4.95. The molecule has 0 aromatic heterocycles. The van der Waals surface area contributed by atoms with Gasteiger partial charge in [-0.15, -0.1) is 12.4 Å². The molecule has 0 spiro atoms. The lowest BCUT2D eigenvalue weighted by Gasteiger charge is -2.42. The van der Waals surface area contributed by atoms with Crippen molar-refractivity contribution in [2.45, 2.75) is 56.7 Å². The molecule has 2 heterocycles. The lowest BCUT2D eigenvalue weighted by molar-refractivity contribution is -0.144. The molecule has 2 aromatic rings. The molecule has 13 heteroatoms. The molecule has 0 radical (unpaired) electrons. The largest absolute Gasteiger partial charge is 0.468 e. The van der Waals surface area contributed by atoms with Gasteiger partial charge in [0.15, 0.2) is 0 Å². The summed E-state index contributed by atoms with van der Waals surface area (Å²) in [6.45, 7) is 3.43. The number of hydrogen-bond acceptors (Lipinski definition) is 5. The first-order valence-corrected chi connectivity index (χ1v) is 13.8. The summed E-state index contributed by atoms with van der Waals surface area (Å²) in [6, 6.07) is 10.7. The first-order chi connectivity index (χ1) is 19.8. The molecule has 0 saturated carbocycles. The maximum atomic E-state index is 13.5. The van der Waals surface area contributed by atoms with Gasteiger partial charge >= 0.3 is 18.3 Å². The topological polar surface area (TPSA) is 59.1 Å². The van der Waals surface area contributed by atoms with Crippen LogP contribution in [0.1, 0.15) is 60.5 Å². The van der Waals surface area contributed by atoms with Gasteiger partial charge in [0.25, 0.3) is 0 Å². The van der Waals surface area contributed by atoms with E-state index in [4.69, 9.17) is 9.47 Å². The van der Waals surface area contributed by atoms with Gasteiger partial charge in [-0.2, -0.15) is 26.3 Å². The van der Waals surface area contributed by atoms with Gasteiger partial charge in [-0.1, -0.05) is 30.3 Å². The first-order valence-electron chi connectivity index (χ1n) is 13.8. The highest BCUT2D eigenvalue weighted by atomic mass is 35.5. The van der Waals surface area contributed by atoms with Gasteiger partial charge in [0.1, 0.15) is 0 Å². The number of benzene rings is 2. The van der Waals surface area contributed by atoms with E-state index in [1.165, 1.54) is 14.0 Å². The fourth-order valence-corrected chi connectivity index (χ4v) is 5.71. The smallest absolute Gasteiger partial charge is 0.416 e. The molecular weight excluding hydrogens is 602 g/mol. The SMILES string of the molecule is COC(=O)CN1CCC(C(=O)N2CC[C@H](O[C@H](C)c3cc(C(F)(F)F)cc(C(F)(F)F)c3)[C@H](c3ccccc3)C2)CC1.Cl. The highest BCUT2D eigenvalue weighted by molar-refractivity contribution is 5.85. The molecule has 2 saturated heterocycles. The van der Waals surface area contributed by atoms with Gasteiger partial charge in [-0.25, -0.2) is 0 Å². The van der Waals surface area contributed by atoms with Crippen molar-refractivity contribution in [3.63, 3.8) is 0 Å². The maximum Gasteiger partial charge on any atom is 0.416 e. The predicted octanol–water partition coefficient (Wildman–Crippen LogP) is 6.49. The number of methoxy groups -OCH3 is 1. The van der Waals surface area contributed by atoms with Crippen LogP contribution in [0.15, 0.2) is 48.5 Å². The Kier molecular flexibility index (Phi) is 11.5. The normalized spacial score (nSPS) is 21.2. The van der Waals surface area contributed by atoms with E-state index in [0.29, 0.717) is 57.6 Å². The number of halogens is 7. The van der Waals surface area contributed by atoms with Crippen LogP contribution in [-0.2, 0) is 31.4 Å². The number of amides is 1. The van der Waals surface area contributed by atoms with E-state index in [1.807, 2.05) is 35.2 Å². The molecule has 6 nitrogen and oxygen atoms in total. The molecule has 0 unspecified atom stereocenters. The first kappa shape index (κ1) is 34.7. The molecule has 0 N–H and O–H groups in total. The lowest BCUT2D eigenvalue weighted by Crippen LogP contribution is -2.50. The zero-order valence-electron chi connectivity index (χ0n) is 23.8. The molecule has 1 amide bonds. The van der Waals surface area contributed by atoms with E-state index in [2.05, 4.69) is 0 Å². The molecular formula is C30H35ClF6N2O4. The molecule has 238 valence electrons. The molecule has 2 fully saturated rings. The number of hydrogen-bond donors (Lipinski definition) is 0. The van der Waals surface area contributed by atoms with Gasteiger partial charge in [0.2, 0.25) is 5.91 Å². The second kappa shape index (κ2) is 14.3. The third kappa shape index (κ3) is 8.86. The molecule has 2 aromatic carbocycles. The zero-order chi connectivity index (χ0) is 30.7. The fourth-order valence-electron chi connectivity index (χ4n) is 5.71. The van der Waals surface area contributed by atoms with Crippen LogP contribution in [0.25, 0.3) is 0 Å². The van der Waals surface area contributed by atoms with Crippen molar-refractivity contribution in [3.05, 3.63) is 70.8 Å². The van der Waals surface area contributed by atoms with Crippen LogP contribution >= 0.6 is 12.4 Å². The monoisotopic (exact) mass is 636 g/mol. The molecule has 0 bridgehead atoms. The molecule has 43 heavy (non-hydrogen) atoms. The number of alkyl halides is 6. The molecule has 2 aliphatic heterocycles. The maximum absolute atomic E-state index is 13.5. The van der Waals surface area contributed by atoms with Gasteiger partial charge < -0.3 is 14.4 Å². The molecule has 0 aliphatic carbocycles. The fraction of sp³-hybridized carbons (Fsp3) is 0.533. The van der Waals surface area contributed by atoms with Crippen LogP contribution in [0.5, 0.6) is 0 Å². The van der Waals surface area contributed by atoms with E-state index in [1.54, 1.807) is 4.90 Å². The van der Waals surface area contributed by atoms with Crippen molar-refractivity contribution in [1.29, 1.82) is 0 Å². The Bertz CT molecular complexity index is 1200. The summed E-state index contributed by atoms with van der Waals surface area (Å²) in [5.41, 5.74) is -2.14. The van der Waals surface area contributed by atoms with Gasteiger partial charge in [-0.3, -0.25) is 14.5 Å². The van der Waals surface area contributed by atoms with Crippen LogP contribution < -0.4 is 0 Å². The summed E-state index contributed by atoms with van der Waals surface area (Å²) >= 11 is 0. The summed E-state index contributed by atoms with van der Waals surface area (Å²) in [4.78, 5) is 28.8. The summed E-state index contributed by atoms with van der Waals surface area (Å²) in [7, 11) is 1.33. The number of nitrogens with zero attached hydrogens (tertiary/aromatic N) is 2. The van der Waals surface area contributed by atoms with E-state index in [9.17, 15) is 35.9 Å². The number of rotatable bonds is 7. The Balaban J connectivity index is 0.00000506. The Labute approximate surface area is 252 Å². The summed E-state index contributed by atoms with van der Waals surface area (Å²) in [5.74, 6) is -0.884. The van der Waals surface area contributed by atoms with E-state index >= 15 is 0 Å². The molecule has 4 rings (SSSR count). The van der Waals surface area contributed by atoms with Crippen LogP contribution in [0.2, 0.25) is 0 Å². The standard InChI is InChI=1S/C30H34F6N2O4.ClH/c1-19(22-14-23(29(31,32)33)16-24(15-22)30(34,35)36)42-26-10-13-38(17-25(26)20-6-4-3-5-7-20)28(40)21-8-11-37(12-9-21)18-27(39)41-2;/h3-7,14-16,19,21,25-26H,8-13,17-18H2,1-2H3;1H/t19-,25+,26+;/m1./s1. The average Bonchev–Trinajstić information content (AvgIpc) is 2.96. The van der Waals surface area contributed by atoms with Crippen molar-refractivity contribution in [3.8, 4) is 0 Å². The molecule has 3 atom stereocenters. The molecule has 2 aliphatic rings. The van der Waals surface area contributed by atoms with Gasteiger partial charge in [-0.05, 0) is 68.6 Å². The van der Waals surface area contributed by atoms with Crippen LogP contribution in [0.4, 0.5) is 26.3 Å². The highest BCUT2D eigenvalue weighted by Crippen LogP contribution is 2.40. The van der Waals surface area contributed by atoms with Crippen molar-refractivity contribution in [2.24, 2.45) is 5.92 Å². The van der Waals surface area contributed by atoms with Gasteiger partial charge in [0.05, 0.1) is 37.0 Å².